The number of hydrogen-bond donors (Lipinski definition) is 2. The number of carbonyl (C=O) groups is 1. The Hall–Kier alpha value is -3.81. The van der Waals surface area contributed by atoms with Crippen molar-refractivity contribution in [1.82, 2.24) is 20.1 Å². The number of rotatable bonds is 7. The second-order valence-electron chi connectivity index (χ2n) is 6.52. The molecule has 0 fully saturated rings. The topological polar surface area (TPSA) is 102 Å². The molecule has 0 spiro atoms. The fourth-order valence-electron chi connectivity index (χ4n) is 3.14. The summed E-state index contributed by atoms with van der Waals surface area (Å²) in [5, 5.41) is 8.10. The first kappa shape index (κ1) is 18.5. The summed E-state index contributed by atoms with van der Waals surface area (Å²) >= 11 is 0. The number of H-pyrrole nitrogens is 1. The Balaban J connectivity index is 1.39. The Morgan fingerprint density at radius 3 is 2.97 bits per heavy atom. The maximum absolute atomic E-state index is 12.3. The molecule has 3 aromatic heterocycles. The van der Waals surface area contributed by atoms with Gasteiger partial charge in [-0.25, -0.2) is 4.68 Å². The Bertz CT molecular complexity index is 1190. The van der Waals surface area contributed by atoms with Crippen LogP contribution in [0.4, 0.5) is 0 Å². The van der Waals surface area contributed by atoms with Gasteiger partial charge in [-0.1, -0.05) is 0 Å². The van der Waals surface area contributed by atoms with E-state index in [1.54, 1.807) is 25.3 Å². The third kappa shape index (κ3) is 4.06. The molecule has 8 heteroatoms. The predicted octanol–water partition coefficient (Wildman–Crippen LogP) is 2.35. The first-order valence-corrected chi connectivity index (χ1v) is 9.17. The Morgan fingerprint density at radius 2 is 2.17 bits per heavy atom. The van der Waals surface area contributed by atoms with Crippen LogP contribution in [0.1, 0.15) is 5.56 Å². The largest absolute Gasteiger partial charge is 0.497 e. The second-order valence-corrected chi connectivity index (χ2v) is 6.52. The van der Waals surface area contributed by atoms with Gasteiger partial charge in [0.2, 0.25) is 5.91 Å². The summed E-state index contributed by atoms with van der Waals surface area (Å²) in [6, 6.07) is 12.2. The third-order valence-electron chi connectivity index (χ3n) is 4.62. The number of carbonyl (C=O) groups excluding carboxylic acids is 1. The quantitative estimate of drug-likeness (QED) is 0.503. The molecule has 0 unspecified atom stereocenters. The molecule has 4 rings (SSSR count). The van der Waals surface area contributed by atoms with Crippen LogP contribution in [0.2, 0.25) is 0 Å². The lowest BCUT2D eigenvalue weighted by atomic mass is 10.1. The molecule has 29 heavy (non-hydrogen) atoms. The minimum absolute atomic E-state index is 0.158. The van der Waals surface area contributed by atoms with Gasteiger partial charge in [0, 0.05) is 29.7 Å². The molecule has 0 bridgehead atoms. The van der Waals surface area contributed by atoms with Gasteiger partial charge < -0.3 is 19.5 Å². The van der Waals surface area contributed by atoms with Crippen LogP contribution in [0.3, 0.4) is 0 Å². The zero-order valence-electron chi connectivity index (χ0n) is 15.8. The predicted molar refractivity (Wildman–Crippen MR) is 108 cm³/mol. The summed E-state index contributed by atoms with van der Waals surface area (Å²) < 4.78 is 11.7. The van der Waals surface area contributed by atoms with Crippen LogP contribution in [-0.4, -0.2) is 34.3 Å². The molecule has 0 saturated carbocycles. The number of fused-ring (bicyclic) bond motifs is 1. The number of aromatic nitrogens is 3. The van der Waals surface area contributed by atoms with Gasteiger partial charge in [-0.2, -0.15) is 5.10 Å². The van der Waals surface area contributed by atoms with E-state index in [1.807, 2.05) is 24.4 Å². The van der Waals surface area contributed by atoms with Gasteiger partial charge in [0.1, 0.15) is 18.0 Å². The van der Waals surface area contributed by atoms with Crippen LogP contribution < -0.4 is 15.6 Å². The average Bonchev–Trinajstić information content (AvgIpc) is 3.40. The molecule has 8 nitrogen and oxygen atoms in total. The smallest absolute Gasteiger partial charge is 0.267 e. The maximum Gasteiger partial charge on any atom is 0.267 e. The number of hydrogen-bond acceptors (Lipinski definition) is 5. The van der Waals surface area contributed by atoms with Crippen molar-refractivity contribution in [2.45, 2.75) is 13.0 Å². The zero-order chi connectivity index (χ0) is 20.2. The van der Waals surface area contributed by atoms with E-state index in [9.17, 15) is 9.59 Å². The molecule has 4 aromatic rings. The molecular formula is C21H20N4O4. The van der Waals surface area contributed by atoms with Gasteiger partial charge in [-0.05, 0) is 48.4 Å². The van der Waals surface area contributed by atoms with Crippen LogP contribution in [0.5, 0.6) is 5.75 Å². The molecule has 148 valence electrons. The number of methoxy groups -OCH3 is 1. The molecular weight excluding hydrogens is 372 g/mol. The van der Waals surface area contributed by atoms with E-state index in [-0.39, 0.29) is 18.0 Å². The van der Waals surface area contributed by atoms with Crippen molar-refractivity contribution in [3.8, 4) is 17.2 Å². The lowest BCUT2D eigenvalue weighted by Gasteiger charge is -2.07. The highest BCUT2D eigenvalue weighted by Gasteiger charge is 2.10. The summed E-state index contributed by atoms with van der Waals surface area (Å²) in [7, 11) is 1.63. The molecule has 1 amide bonds. The van der Waals surface area contributed by atoms with E-state index in [1.165, 1.54) is 12.3 Å². The maximum atomic E-state index is 12.3. The fourth-order valence-corrected chi connectivity index (χ4v) is 3.14. The lowest BCUT2D eigenvalue weighted by Crippen LogP contribution is -2.34. The van der Waals surface area contributed by atoms with Crippen molar-refractivity contribution < 1.29 is 13.9 Å². The first-order chi connectivity index (χ1) is 14.1. The van der Waals surface area contributed by atoms with Crippen LogP contribution in [-0.2, 0) is 17.8 Å². The van der Waals surface area contributed by atoms with E-state index >= 15 is 0 Å². The average molecular weight is 392 g/mol. The van der Waals surface area contributed by atoms with E-state index < -0.39 is 0 Å². The molecule has 0 aliphatic carbocycles. The van der Waals surface area contributed by atoms with Crippen molar-refractivity contribution in [1.29, 1.82) is 0 Å². The monoisotopic (exact) mass is 392 g/mol. The summed E-state index contributed by atoms with van der Waals surface area (Å²) in [5.41, 5.74) is 2.24. The van der Waals surface area contributed by atoms with Crippen LogP contribution in [0.25, 0.3) is 22.4 Å². The van der Waals surface area contributed by atoms with Gasteiger partial charge in [0.15, 0.2) is 5.76 Å². The summed E-state index contributed by atoms with van der Waals surface area (Å²) in [5.74, 6) is 1.03. The van der Waals surface area contributed by atoms with Crippen LogP contribution in [0, 0.1) is 0 Å². The number of amides is 1. The number of ether oxygens (including phenoxy) is 1. The Labute approximate surface area is 166 Å². The van der Waals surface area contributed by atoms with E-state index in [0.717, 1.165) is 26.9 Å². The van der Waals surface area contributed by atoms with Crippen molar-refractivity contribution in [2.24, 2.45) is 0 Å². The highest BCUT2D eigenvalue weighted by atomic mass is 16.5. The molecule has 0 radical (unpaired) electrons. The van der Waals surface area contributed by atoms with Gasteiger partial charge in [-0.15, -0.1) is 0 Å². The van der Waals surface area contributed by atoms with Gasteiger partial charge >= 0.3 is 0 Å². The van der Waals surface area contributed by atoms with Crippen molar-refractivity contribution in [3.05, 3.63) is 70.8 Å². The summed E-state index contributed by atoms with van der Waals surface area (Å²) in [6.07, 6.45) is 4.10. The minimum atomic E-state index is -0.348. The van der Waals surface area contributed by atoms with Gasteiger partial charge in [0.05, 0.1) is 13.4 Å². The number of nitrogens with zero attached hydrogens (tertiary/aromatic N) is 2. The standard InChI is InChI=1S/C21H20N4O4/c1-28-15-4-5-17-16(11-15)14(12-23-17)8-9-22-20(26)13-25-21(27)7-6-18(24-25)19-3-2-10-29-19/h2-7,10-12,23H,8-9,13H2,1H3,(H,22,26). The summed E-state index contributed by atoms with van der Waals surface area (Å²) in [4.78, 5) is 27.5. The van der Waals surface area contributed by atoms with Crippen molar-refractivity contribution in [3.63, 3.8) is 0 Å². The first-order valence-electron chi connectivity index (χ1n) is 9.17. The van der Waals surface area contributed by atoms with Gasteiger partial charge in [-0.3, -0.25) is 9.59 Å². The molecule has 1 aromatic carbocycles. The number of aromatic amines is 1. The Kier molecular flexibility index (Phi) is 5.15. The molecule has 0 atom stereocenters. The number of furan rings is 1. The van der Waals surface area contributed by atoms with E-state index in [4.69, 9.17) is 9.15 Å². The highest BCUT2D eigenvalue weighted by molar-refractivity contribution is 5.84. The number of benzene rings is 1. The van der Waals surface area contributed by atoms with Crippen molar-refractivity contribution in [2.75, 3.05) is 13.7 Å². The molecule has 3 heterocycles. The fraction of sp³-hybridized carbons (Fsp3) is 0.190. The number of nitrogens with one attached hydrogen (secondary N) is 2. The van der Waals surface area contributed by atoms with Crippen LogP contribution >= 0.6 is 0 Å². The van der Waals surface area contributed by atoms with E-state index in [0.29, 0.717) is 24.4 Å². The normalized spacial score (nSPS) is 10.9. The Morgan fingerprint density at radius 1 is 1.28 bits per heavy atom. The molecule has 0 saturated heterocycles. The SMILES string of the molecule is COc1ccc2[nH]cc(CCNC(=O)Cn3nc(-c4ccco4)ccc3=O)c2c1. The lowest BCUT2D eigenvalue weighted by molar-refractivity contribution is -0.121. The molecule has 2 N–H and O–H groups in total. The zero-order valence-corrected chi connectivity index (χ0v) is 15.8. The molecule has 0 aliphatic heterocycles. The second kappa shape index (κ2) is 8.05. The van der Waals surface area contributed by atoms with Gasteiger partial charge in [0.25, 0.3) is 5.56 Å². The van der Waals surface area contributed by atoms with Crippen molar-refractivity contribution >= 4 is 16.8 Å². The minimum Gasteiger partial charge on any atom is -0.497 e. The van der Waals surface area contributed by atoms with E-state index in [2.05, 4.69) is 15.4 Å². The van der Waals surface area contributed by atoms with Crippen LogP contribution in [0.15, 0.2) is 64.1 Å². The highest BCUT2D eigenvalue weighted by Crippen LogP contribution is 2.23. The third-order valence-corrected chi connectivity index (χ3v) is 4.62. The summed E-state index contributed by atoms with van der Waals surface area (Å²) in [6.45, 7) is 0.282. The molecule has 0 aliphatic rings.